The Labute approximate surface area is 102 Å². The minimum absolute atomic E-state index is 0.00463. The Kier molecular flexibility index (Phi) is 5.35. The Morgan fingerprint density at radius 1 is 1.41 bits per heavy atom. The van der Waals surface area contributed by atoms with E-state index in [0.717, 1.165) is 17.1 Å². The lowest BCUT2D eigenvalue weighted by Gasteiger charge is -2.18. The van der Waals surface area contributed by atoms with E-state index in [1.54, 1.807) is 0 Å². The molecule has 0 aromatic rings. The van der Waals surface area contributed by atoms with Gasteiger partial charge in [0.15, 0.2) is 0 Å². The number of carboxylic acids is 1. The van der Waals surface area contributed by atoms with E-state index in [1.165, 1.54) is 19.9 Å². The van der Waals surface area contributed by atoms with E-state index in [9.17, 15) is 13.2 Å². The standard InChI is InChI=1S/C10H20N2O4S/c1-12(7-6-10(13)14)17(15,16)11-8-9-4-2-3-5-9/h9,11H,2-8H2,1H3,(H,13,14). The van der Waals surface area contributed by atoms with E-state index in [1.807, 2.05) is 0 Å². The van der Waals surface area contributed by atoms with Crippen molar-refractivity contribution in [2.45, 2.75) is 32.1 Å². The van der Waals surface area contributed by atoms with Crippen LogP contribution in [0.1, 0.15) is 32.1 Å². The maximum Gasteiger partial charge on any atom is 0.304 e. The van der Waals surface area contributed by atoms with Gasteiger partial charge in [0.05, 0.1) is 6.42 Å². The summed E-state index contributed by atoms with van der Waals surface area (Å²) in [4.78, 5) is 10.4. The zero-order valence-corrected chi connectivity index (χ0v) is 10.9. The van der Waals surface area contributed by atoms with Crippen LogP contribution < -0.4 is 4.72 Å². The molecule has 17 heavy (non-hydrogen) atoms. The molecule has 0 spiro atoms. The van der Waals surface area contributed by atoms with Gasteiger partial charge in [-0.2, -0.15) is 12.7 Å². The molecule has 0 heterocycles. The highest BCUT2D eigenvalue weighted by molar-refractivity contribution is 7.87. The van der Waals surface area contributed by atoms with Crippen LogP contribution in [0, 0.1) is 5.92 Å². The highest BCUT2D eigenvalue weighted by atomic mass is 32.2. The van der Waals surface area contributed by atoms with Gasteiger partial charge < -0.3 is 5.11 Å². The van der Waals surface area contributed by atoms with E-state index in [-0.39, 0.29) is 13.0 Å². The van der Waals surface area contributed by atoms with E-state index in [2.05, 4.69) is 4.72 Å². The summed E-state index contributed by atoms with van der Waals surface area (Å²) in [6.07, 6.45) is 4.30. The third kappa shape index (κ3) is 5.01. The molecule has 0 radical (unpaired) electrons. The van der Waals surface area contributed by atoms with E-state index in [4.69, 9.17) is 5.11 Å². The van der Waals surface area contributed by atoms with Crippen LogP contribution in [0.3, 0.4) is 0 Å². The summed E-state index contributed by atoms with van der Waals surface area (Å²) >= 11 is 0. The molecular formula is C10H20N2O4S. The first-order valence-corrected chi connectivity index (χ1v) is 7.28. The molecule has 1 rings (SSSR count). The molecular weight excluding hydrogens is 244 g/mol. The predicted octanol–water partition coefficient (Wildman–Crippen LogP) is 0.417. The number of hydrogen-bond acceptors (Lipinski definition) is 3. The summed E-state index contributed by atoms with van der Waals surface area (Å²) in [7, 11) is -2.13. The van der Waals surface area contributed by atoms with Crippen molar-refractivity contribution in [2.75, 3.05) is 20.1 Å². The third-order valence-corrected chi connectivity index (χ3v) is 4.61. The first-order valence-electron chi connectivity index (χ1n) is 5.84. The van der Waals surface area contributed by atoms with Crippen molar-refractivity contribution >= 4 is 16.2 Å². The molecule has 0 saturated heterocycles. The normalized spacial score (nSPS) is 17.8. The van der Waals surface area contributed by atoms with Gasteiger partial charge in [-0.05, 0) is 18.8 Å². The number of hydrogen-bond donors (Lipinski definition) is 2. The minimum Gasteiger partial charge on any atom is -0.481 e. The molecule has 0 aliphatic heterocycles. The second-order valence-corrected chi connectivity index (χ2v) is 6.33. The third-order valence-electron chi connectivity index (χ3n) is 3.08. The van der Waals surface area contributed by atoms with Crippen molar-refractivity contribution in [3.05, 3.63) is 0 Å². The molecule has 0 amide bonds. The topological polar surface area (TPSA) is 86.7 Å². The van der Waals surface area contributed by atoms with Crippen LogP contribution in [-0.4, -0.2) is 43.9 Å². The molecule has 1 aliphatic carbocycles. The van der Waals surface area contributed by atoms with Crippen molar-refractivity contribution in [1.29, 1.82) is 0 Å². The predicted molar refractivity (Wildman–Crippen MR) is 63.8 cm³/mol. The molecule has 7 heteroatoms. The Balaban J connectivity index is 2.35. The summed E-state index contributed by atoms with van der Waals surface area (Å²) < 4.78 is 27.0. The smallest absolute Gasteiger partial charge is 0.304 e. The number of aliphatic carboxylic acids is 1. The molecule has 2 N–H and O–H groups in total. The van der Waals surface area contributed by atoms with Crippen LogP contribution in [0.5, 0.6) is 0 Å². The van der Waals surface area contributed by atoms with E-state index in [0.29, 0.717) is 12.5 Å². The quantitative estimate of drug-likeness (QED) is 0.697. The van der Waals surface area contributed by atoms with Crippen LogP contribution in [0.25, 0.3) is 0 Å². The molecule has 100 valence electrons. The number of rotatable bonds is 7. The molecule has 1 saturated carbocycles. The van der Waals surface area contributed by atoms with Crippen molar-refractivity contribution in [2.24, 2.45) is 5.92 Å². The lowest BCUT2D eigenvalue weighted by atomic mass is 10.1. The van der Waals surface area contributed by atoms with Gasteiger partial charge in [0.2, 0.25) is 0 Å². The molecule has 0 aromatic heterocycles. The highest BCUT2D eigenvalue weighted by Gasteiger charge is 2.21. The van der Waals surface area contributed by atoms with Gasteiger partial charge in [0.25, 0.3) is 10.2 Å². The molecule has 0 unspecified atom stereocenters. The second kappa shape index (κ2) is 6.32. The molecule has 1 fully saturated rings. The molecule has 0 bridgehead atoms. The van der Waals surface area contributed by atoms with Crippen molar-refractivity contribution in [3.63, 3.8) is 0 Å². The number of carbonyl (C=O) groups is 1. The van der Waals surface area contributed by atoms with Crippen molar-refractivity contribution < 1.29 is 18.3 Å². The van der Waals surface area contributed by atoms with Crippen LogP contribution >= 0.6 is 0 Å². The first-order chi connectivity index (χ1) is 7.92. The number of carboxylic acid groups (broad SMARTS) is 1. The SMILES string of the molecule is CN(CCC(=O)O)S(=O)(=O)NCC1CCCC1. The highest BCUT2D eigenvalue weighted by Crippen LogP contribution is 2.23. The zero-order chi connectivity index (χ0) is 12.9. The maximum atomic E-state index is 11.7. The molecule has 1 aliphatic rings. The van der Waals surface area contributed by atoms with Crippen LogP contribution in [0.15, 0.2) is 0 Å². The molecule has 0 aromatic carbocycles. The average Bonchev–Trinajstić information content (AvgIpc) is 2.75. The fourth-order valence-electron chi connectivity index (χ4n) is 1.92. The van der Waals surface area contributed by atoms with Crippen LogP contribution in [-0.2, 0) is 15.0 Å². The van der Waals surface area contributed by atoms with E-state index < -0.39 is 16.2 Å². The summed E-state index contributed by atoms with van der Waals surface area (Å²) in [5, 5.41) is 8.49. The van der Waals surface area contributed by atoms with Gasteiger partial charge in [-0.1, -0.05) is 12.8 Å². The monoisotopic (exact) mass is 264 g/mol. The minimum atomic E-state index is -3.52. The van der Waals surface area contributed by atoms with Gasteiger partial charge in [-0.3, -0.25) is 4.79 Å². The molecule has 6 nitrogen and oxygen atoms in total. The zero-order valence-electron chi connectivity index (χ0n) is 10.1. The summed E-state index contributed by atoms with van der Waals surface area (Å²) in [6, 6.07) is 0. The lowest BCUT2D eigenvalue weighted by Crippen LogP contribution is -2.40. The van der Waals surface area contributed by atoms with Gasteiger partial charge in [-0.15, -0.1) is 0 Å². The van der Waals surface area contributed by atoms with Gasteiger partial charge in [0, 0.05) is 20.1 Å². The summed E-state index contributed by atoms with van der Waals surface area (Å²) in [6.45, 7) is 0.453. The lowest BCUT2D eigenvalue weighted by molar-refractivity contribution is -0.137. The number of nitrogens with one attached hydrogen (secondary N) is 1. The van der Waals surface area contributed by atoms with Crippen LogP contribution in [0.2, 0.25) is 0 Å². The average molecular weight is 264 g/mol. The Morgan fingerprint density at radius 3 is 2.53 bits per heavy atom. The fourth-order valence-corrected chi connectivity index (χ4v) is 2.92. The van der Waals surface area contributed by atoms with Gasteiger partial charge >= 0.3 is 5.97 Å². The summed E-state index contributed by atoms with van der Waals surface area (Å²) in [5.74, 6) is -0.569. The number of nitrogens with zero attached hydrogens (tertiary/aromatic N) is 1. The Hall–Kier alpha value is -0.660. The molecule has 0 atom stereocenters. The first kappa shape index (κ1) is 14.4. The van der Waals surface area contributed by atoms with Crippen molar-refractivity contribution in [1.82, 2.24) is 9.03 Å². The fraction of sp³-hybridized carbons (Fsp3) is 0.900. The van der Waals surface area contributed by atoms with E-state index >= 15 is 0 Å². The van der Waals surface area contributed by atoms with Gasteiger partial charge in [-0.25, -0.2) is 4.72 Å². The maximum absolute atomic E-state index is 11.7. The van der Waals surface area contributed by atoms with Gasteiger partial charge in [0.1, 0.15) is 0 Å². The largest absolute Gasteiger partial charge is 0.481 e. The summed E-state index contributed by atoms with van der Waals surface area (Å²) in [5.41, 5.74) is 0. The Bertz CT molecular complexity index is 349. The van der Waals surface area contributed by atoms with Crippen LogP contribution in [0.4, 0.5) is 0 Å². The second-order valence-electron chi connectivity index (χ2n) is 4.47. The van der Waals surface area contributed by atoms with Crippen molar-refractivity contribution in [3.8, 4) is 0 Å². The Morgan fingerprint density at radius 2 is 2.00 bits per heavy atom.